The maximum Gasteiger partial charge on any atom is 0.130 e. The van der Waals surface area contributed by atoms with Crippen molar-refractivity contribution in [2.75, 3.05) is 6.61 Å². The van der Waals surface area contributed by atoms with E-state index in [2.05, 4.69) is 11.1 Å². The molecule has 3 nitrogen and oxygen atoms in total. The van der Waals surface area contributed by atoms with Crippen LogP contribution in [0, 0.1) is 0 Å². The molecule has 1 aliphatic rings. The minimum absolute atomic E-state index is 0.00137. The van der Waals surface area contributed by atoms with Crippen LogP contribution in [0.2, 0.25) is 5.02 Å². The van der Waals surface area contributed by atoms with Crippen LogP contribution in [-0.4, -0.2) is 16.7 Å². The Morgan fingerprint density at radius 2 is 2.04 bits per heavy atom. The van der Waals surface area contributed by atoms with E-state index in [1.807, 2.05) is 47.8 Å². The lowest BCUT2D eigenvalue weighted by molar-refractivity contribution is 0.209. The van der Waals surface area contributed by atoms with Gasteiger partial charge in [0.15, 0.2) is 0 Å². The van der Waals surface area contributed by atoms with Crippen molar-refractivity contribution in [2.24, 2.45) is 0 Å². The predicted molar refractivity (Wildman–Crippen MR) is 101 cm³/mol. The third kappa shape index (κ3) is 3.09. The van der Waals surface area contributed by atoms with Crippen molar-refractivity contribution in [1.82, 2.24) is 4.98 Å². The summed E-state index contributed by atoms with van der Waals surface area (Å²) in [6.07, 6.45) is 2.59. The van der Waals surface area contributed by atoms with Gasteiger partial charge in [-0.05, 0) is 29.6 Å². The molecule has 0 fully saturated rings. The quantitative estimate of drug-likeness (QED) is 0.699. The van der Waals surface area contributed by atoms with Gasteiger partial charge < -0.3 is 9.84 Å². The van der Waals surface area contributed by atoms with Crippen molar-refractivity contribution in [2.45, 2.75) is 12.0 Å². The van der Waals surface area contributed by atoms with Crippen molar-refractivity contribution in [3.05, 3.63) is 92.9 Å². The van der Waals surface area contributed by atoms with Crippen molar-refractivity contribution in [3.8, 4) is 0 Å². The fraction of sp³-hybridized carbons (Fsp3) is 0.150. The van der Waals surface area contributed by atoms with Gasteiger partial charge in [0.2, 0.25) is 0 Å². The van der Waals surface area contributed by atoms with Gasteiger partial charge in [0.05, 0.1) is 17.5 Å². The van der Waals surface area contributed by atoms with Gasteiger partial charge in [-0.3, -0.25) is 4.98 Å². The topological polar surface area (TPSA) is 42.4 Å². The number of halogens is 1. The molecule has 3 heterocycles. The number of benzene rings is 1. The molecule has 2 unspecified atom stereocenters. The number of aromatic nitrogens is 1. The van der Waals surface area contributed by atoms with Crippen LogP contribution in [0.4, 0.5) is 0 Å². The summed E-state index contributed by atoms with van der Waals surface area (Å²) in [5, 5.41) is 13.7. The lowest BCUT2D eigenvalue weighted by Crippen LogP contribution is -2.09. The molecule has 5 heteroatoms. The zero-order chi connectivity index (χ0) is 17.2. The minimum atomic E-state index is -0.797. The van der Waals surface area contributed by atoms with Crippen LogP contribution in [0.15, 0.2) is 71.9 Å². The Balaban J connectivity index is 1.86. The van der Waals surface area contributed by atoms with Crippen LogP contribution >= 0.6 is 22.9 Å². The fourth-order valence-corrected chi connectivity index (χ4v) is 4.19. The van der Waals surface area contributed by atoms with E-state index in [-0.39, 0.29) is 5.92 Å². The first-order chi connectivity index (χ1) is 12.3. The second kappa shape index (κ2) is 7.00. The van der Waals surface area contributed by atoms with Crippen LogP contribution in [0.1, 0.15) is 28.0 Å². The molecule has 2 aromatic heterocycles. The van der Waals surface area contributed by atoms with E-state index in [0.717, 1.165) is 16.7 Å². The highest BCUT2D eigenvalue weighted by atomic mass is 35.5. The van der Waals surface area contributed by atoms with E-state index in [4.69, 9.17) is 16.3 Å². The smallest absolute Gasteiger partial charge is 0.130 e. The van der Waals surface area contributed by atoms with Crippen molar-refractivity contribution >= 4 is 28.7 Å². The number of ether oxygens (including phenoxy) is 1. The van der Waals surface area contributed by atoms with Crippen molar-refractivity contribution in [1.29, 1.82) is 0 Å². The molecule has 0 amide bonds. The van der Waals surface area contributed by atoms with Gasteiger partial charge in [-0.25, -0.2) is 0 Å². The SMILES string of the molecule is OC(C1=C(c2ccccc2Cl)OCC1c1cccs1)c1cccnc1. The molecule has 0 aliphatic carbocycles. The largest absolute Gasteiger partial charge is 0.492 e. The third-order valence-electron chi connectivity index (χ3n) is 4.33. The Hall–Kier alpha value is -2.14. The molecular formula is C20H16ClNO2S. The normalized spacial score (nSPS) is 18.2. The highest BCUT2D eigenvalue weighted by Crippen LogP contribution is 2.46. The highest BCUT2D eigenvalue weighted by molar-refractivity contribution is 7.10. The number of rotatable bonds is 4. The third-order valence-corrected chi connectivity index (χ3v) is 5.65. The Kier molecular flexibility index (Phi) is 4.57. The van der Waals surface area contributed by atoms with Crippen LogP contribution in [-0.2, 0) is 4.74 Å². The first kappa shape index (κ1) is 16.3. The van der Waals surface area contributed by atoms with Gasteiger partial charge in [-0.15, -0.1) is 11.3 Å². The van der Waals surface area contributed by atoms with E-state index in [0.29, 0.717) is 17.4 Å². The number of hydrogen-bond acceptors (Lipinski definition) is 4. The summed E-state index contributed by atoms with van der Waals surface area (Å²) in [4.78, 5) is 5.30. The van der Waals surface area contributed by atoms with Gasteiger partial charge in [0.1, 0.15) is 11.9 Å². The number of nitrogens with zero attached hydrogens (tertiary/aromatic N) is 1. The molecule has 3 aromatic rings. The Morgan fingerprint density at radius 3 is 2.76 bits per heavy atom. The van der Waals surface area contributed by atoms with Gasteiger partial charge in [0, 0.05) is 34.0 Å². The molecular weight excluding hydrogens is 354 g/mol. The summed E-state index contributed by atoms with van der Waals surface area (Å²) in [5.41, 5.74) is 2.39. The van der Waals surface area contributed by atoms with Crippen LogP contribution in [0.5, 0.6) is 0 Å². The molecule has 0 radical (unpaired) electrons. The van der Waals surface area contributed by atoms with Crippen molar-refractivity contribution < 1.29 is 9.84 Å². The Labute approximate surface area is 155 Å². The molecule has 1 aliphatic heterocycles. The zero-order valence-corrected chi connectivity index (χ0v) is 14.9. The van der Waals surface area contributed by atoms with E-state index in [1.54, 1.807) is 23.7 Å². The molecule has 0 spiro atoms. The Morgan fingerprint density at radius 1 is 1.16 bits per heavy atom. The minimum Gasteiger partial charge on any atom is -0.492 e. The van der Waals surface area contributed by atoms with Gasteiger partial charge in [0.25, 0.3) is 0 Å². The first-order valence-electron chi connectivity index (χ1n) is 7.99. The first-order valence-corrected chi connectivity index (χ1v) is 9.24. The standard InChI is InChI=1S/C20H16ClNO2S/c21-16-7-2-1-6-14(16)20-18(19(23)13-5-3-9-22-11-13)15(12-24-20)17-8-4-10-25-17/h1-11,15,19,23H,12H2. The molecule has 1 aromatic carbocycles. The number of pyridine rings is 1. The van der Waals surface area contributed by atoms with Crippen molar-refractivity contribution in [3.63, 3.8) is 0 Å². The van der Waals surface area contributed by atoms with Gasteiger partial charge in [-0.1, -0.05) is 35.9 Å². The predicted octanol–water partition coefficient (Wildman–Crippen LogP) is 5.06. The van der Waals surface area contributed by atoms with Gasteiger partial charge >= 0.3 is 0 Å². The van der Waals surface area contributed by atoms with E-state index >= 15 is 0 Å². The molecule has 25 heavy (non-hydrogen) atoms. The van der Waals surface area contributed by atoms with Crippen LogP contribution in [0.3, 0.4) is 0 Å². The number of aliphatic hydroxyl groups excluding tert-OH is 1. The maximum atomic E-state index is 11.1. The molecule has 4 rings (SSSR count). The molecule has 0 bridgehead atoms. The molecule has 0 saturated carbocycles. The monoisotopic (exact) mass is 369 g/mol. The summed E-state index contributed by atoms with van der Waals surface area (Å²) >= 11 is 8.05. The molecule has 2 atom stereocenters. The number of hydrogen-bond donors (Lipinski definition) is 1. The average molecular weight is 370 g/mol. The van der Waals surface area contributed by atoms with E-state index in [1.165, 1.54) is 4.88 Å². The van der Waals surface area contributed by atoms with Crippen LogP contribution in [0.25, 0.3) is 5.76 Å². The molecule has 0 saturated heterocycles. The summed E-state index contributed by atoms with van der Waals surface area (Å²) in [6, 6.07) is 15.3. The maximum absolute atomic E-state index is 11.1. The number of aliphatic hydroxyl groups is 1. The lowest BCUT2D eigenvalue weighted by Gasteiger charge is -2.18. The zero-order valence-electron chi connectivity index (χ0n) is 13.3. The van der Waals surface area contributed by atoms with Crippen LogP contribution < -0.4 is 0 Å². The summed E-state index contributed by atoms with van der Waals surface area (Å²) < 4.78 is 6.03. The van der Waals surface area contributed by atoms with Gasteiger partial charge in [-0.2, -0.15) is 0 Å². The highest BCUT2D eigenvalue weighted by Gasteiger charge is 2.35. The molecule has 126 valence electrons. The molecule has 1 N–H and O–H groups in total. The second-order valence-corrected chi connectivity index (χ2v) is 7.22. The summed E-state index contributed by atoms with van der Waals surface area (Å²) in [5.74, 6) is 0.668. The Bertz CT molecular complexity index is 893. The fourth-order valence-electron chi connectivity index (χ4n) is 3.13. The summed E-state index contributed by atoms with van der Waals surface area (Å²) in [6.45, 7) is 0.494. The average Bonchev–Trinajstić information content (AvgIpc) is 3.31. The lowest BCUT2D eigenvalue weighted by atomic mass is 9.89. The second-order valence-electron chi connectivity index (χ2n) is 5.83. The number of thiophene rings is 1. The summed E-state index contributed by atoms with van der Waals surface area (Å²) in [7, 11) is 0. The van der Waals surface area contributed by atoms with E-state index in [9.17, 15) is 5.11 Å². The van der Waals surface area contributed by atoms with E-state index < -0.39 is 6.10 Å².